The lowest BCUT2D eigenvalue weighted by atomic mass is 10.4. The first-order valence-electron chi connectivity index (χ1n) is 6.32. The van der Waals surface area contributed by atoms with E-state index in [0.717, 1.165) is 39.4 Å². The lowest BCUT2D eigenvalue weighted by Crippen LogP contribution is -2.26. The van der Waals surface area contributed by atoms with Gasteiger partial charge in [-0.2, -0.15) is 0 Å². The van der Waals surface area contributed by atoms with Crippen LogP contribution >= 0.6 is 11.3 Å². The summed E-state index contributed by atoms with van der Waals surface area (Å²) in [7, 11) is 1.99. The predicted octanol–water partition coefficient (Wildman–Crippen LogP) is 2.33. The highest BCUT2D eigenvalue weighted by Crippen LogP contribution is 2.18. The molecule has 0 atom stereocenters. The van der Waals surface area contributed by atoms with Crippen LogP contribution < -0.4 is 5.32 Å². The molecule has 98 valence electrons. The van der Waals surface area contributed by atoms with Gasteiger partial charge in [-0.1, -0.05) is 6.92 Å². The molecule has 0 fully saturated rings. The van der Waals surface area contributed by atoms with Gasteiger partial charge in [0.15, 0.2) is 0 Å². The Morgan fingerprint density at radius 2 is 2.06 bits per heavy atom. The van der Waals surface area contributed by atoms with Crippen molar-refractivity contribution in [1.82, 2.24) is 10.2 Å². The number of ether oxygens (including phenoxy) is 1. The van der Waals surface area contributed by atoms with Gasteiger partial charge in [0.1, 0.15) is 0 Å². The van der Waals surface area contributed by atoms with Crippen LogP contribution in [0, 0.1) is 0 Å². The third-order valence-electron chi connectivity index (χ3n) is 2.65. The van der Waals surface area contributed by atoms with Crippen LogP contribution in [0.5, 0.6) is 0 Å². The Bertz CT molecular complexity index is 301. The lowest BCUT2D eigenvalue weighted by molar-refractivity contribution is 0.113. The molecule has 0 aliphatic carbocycles. The van der Waals surface area contributed by atoms with Crippen LogP contribution in [0.4, 0.5) is 0 Å². The maximum Gasteiger partial charge on any atom is 0.0593 e. The Hall–Kier alpha value is -0.420. The summed E-state index contributed by atoms with van der Waals surface area (Å²) < 4.78 is 5.40. The van der Waals surface area contributed by atoms with Gasteiger partial charge in [-0.25, -0.2) is 0 Å². The fraction of sp³-hybridized carbons (Fsp3) is 0.692. The SMILES string of the molecule is CCOCCN(CC)Cc1ccc(CNC)s1. The predicted molar refractivity (Wildman–Crippen MR) is 74.5 cm³/mol. The largest absolute Gasteiger partial charge is 0.380 e. The fourth-order valence-electron chi connectivity index (χ4n) is 1.68. The van der Waals surface area contributed by atoms with Gasteiger partial charge in [0.2, 0.25) is 0 Å². The second kappa shape index (κ2) is 8.64. The highest BCUT2D eigenvalue weighted by Gasteiger charge is 2.06. The monoisotopic (exact) mass is 256 g/mol. The van der Waals surface area contributed by atoms with Crippen molar-refractivity contribution in [3.8, 4) is 0 Å². The molecule has 1 rings (SSSR count). The van der Waals surface area contributed by atoms with Crippen LogP contribution in [0.1, 0.15) is 23.6 Å². The molecule has 0 aliphatic rings. The molecule has 0 saturated heterocycles. The second-order valence-electron chi connectivity index (χ2n) is 3.96. The van der Waals surface area contributed by atoms with Gasteiger partial charge in [0, 0.05) is 36.0 Å². The van der Waals surface area contributed by atoms with Crippen molar-refractivity contribution in [2.45, 2.75) is 26.9 Å². The summed E-state index contributed by atoms with van der Waals surface area (Å²) in [6.07, 6.45) is 0. The zero-order valence-electron chi connectivity index (χ0n) is 11.2. The molecule has 1 aromatic rings. The van der Waals surface area contributed by atoms with Gasteiger partial charge in [0.05, 0.1) is 6.61 Å². The first-order valence-corrected chi connectivity index (χ1v) is 7.14. The van der Waals surface area contributed by atoms with Gasteiger partial charge in [-0.3, -0.25) is 4.90 Å². The molecule has 0 saturated carbocycles. The first-order chi connectivity index (χ1) is 8.30. The van der Waals surface area contributed by atoms with E-state index in [4.69, 9.17) is 4.74 Å². The second-order valence-corrected chi connectivity index (χ2v) is 5.22. The van der Waals surface area contributed by atoms with E-state index in [-0.39, 0.29) is 0 Å². The summed E-state index contributed by atoms with van der Waals surface area (Å²) in [4.78, 5) is 5.27. The Balaban J connectivity index is 2.37. The van der Waals surface area contributed by atoms with E-state index in [1.807, 2.05) is 25.3 Å². The molecule has 3 nitrogen and oxygen atoms in total. The smallest absolute Gasteiger partial charge is 0.0593 e. The number of thiophene rings is 1. The third-order valence-corrected chi connectivity index (χ3v) is 3.72. The average Bonchev–Trinajstić information content (AvgIpc) is 2.76. The van der Waals surface area contributed by atoms with Gasteiger partial charge in [0.25, 0.3) is 0 Å². The molecular weight excluding hydrogens is 232 g/mol. The van der Waals surface area contributed by atoms with Crippen molar-refractivity contribution >= 4 is 11.3 Å². The van der Waals surface area contributed by atoms with Crippen LogP contribution in [0.25, 0.3) is 0 Å². The quantitative estimate of drug-likeness (QED) is 0.686. The van der Waals surface area contributed by atoms with E-state index in [1.165, 1.54) is 9.75 Å². The van der Waals surface area contributed by atoms with Crippen molar-refractivity contribution in [3.05, 3.63) is 21.9 Å². The summed E-state index contributed by atoms with van der Waals surface area (Å²) in [6.45, 7) is 9.99. The minimum absolute atomic E-state index is 0.808. The van der Waals surface area contributed by atoms with E-state index in [0.29, 0.717) is 0 Å². The van der Waals surface area contributed by atoms with Gasteiger partial charge in [-0.15, -0.1) is 11.3 Å². The minimum Gasteiger partial charge on any atom is -0.380 e. The van der Waals surface area contributed by atoms with E-state index in [9.17, 15) is 0 Å². The van der Waals surface area contributed by atoms with Crippen molar-refractivity contribution in [2.24, 2.45) is 0 Å². The zero-order valence-corrected chi connectivity index (χ0v) is 12.0. The highest BCUT2D eigenvalue weighted by atomic mass is 32.1. The zero-order chi connectivity index (χ0) is 12.5. The summed E-state index contributed by atoms with van der Waals surface area (Å²) in [5.41, 5.74) is 0. The molecule has 0 aromatic carbocycles. The number of hydrogen-bond donors (Lipinski definition) is 1. The summed E-state index contributed by atoms with van der Waals surface area (Å²) in [5, 5.41) is 3.18. The molecule has 1 aromatic heterocycles. The van der Waals surface area contributed by atoms with Gasteiger partial charge in [-0.05, 0) is 32.6 Å². The van der Waals surface area contributed by atoms with Gasteiger partial charge >= 0.3 is 0 Å². The molecular formula is C13H24N2OS. The number of hydrogen-bond acceptors (Lipinski definition) is 4. The van der Waals surface area contributed by atoms with Crippen LogP contribution in [-0.4, -0.2) is 38.3 Å². The standard InChI is InChI=1S/C13H24N2OS/c1-4-15(8-9-16-5-2)11-13-7-6-12(17-13)10-14-3/h6-7,14H,4-5,8-11H2,1-3H3. The van der Waals surface area contributed by atoms with Crippen molar-refractivity contribution < 1.29 is 4.74 Å². The van der Waals surface area contributed by atoms with Crippen LogP contribution in [0.3, 0.4) is 0 Å². The molecule has 0 unspecified atom stereocenters. The highest BCUT2D eigenvalue weighted by molar-refractivity contribution is 7.11. The van der Waals surface area contributed by atoms with Gasteiger partial charge < -0.3 is 10.1 Å². The lowest BCUT2D eigenvalue weighted by Gasteiger charge is -2.19. The Labute approximate surface area is 109 Å². The van der Waals surface area contributed by atoms with E-state index < -0.39 is 0 Å². The minimum atomic E-state index is 0.808. The number of likely N-dealkylation sites (N-methyl/N-ethyl adjacent to an activating group) is 1. The molecule has 0 radical (unpaired) electrons. The molecule has 17 heavy (non-hydrogen) atoms. The summed E-state index contributed by atoms with van der Waals surface area (Å²) in [6, 6.07) is 4.45. The topological polar surface area (TPSA) is 24.5 Å². The van der Waals surface area contributed by atoms with Crippen molar-refractivity contribution in [1.29, 1.82) is 0 Å². The molecule has 0 spiro atoms. The van der Waals surface area contributed by atoms with Crippen molar-refractivity contribution in [2.75, 3.05) is 33.4 Å². The Morgan fingerprint density at radius 1 is 1.29 bits per heavy atom. The van der Waals surface area contributed by atoms with Crippen LogP contribution in [0.15, 0.2) is 12.1 Å². The molecule has 4 heteroatoms. The first kappa shape index (κ1) is 14.6. The van der Waals surface area contributed by atoms with Crippen molar-refractivity contribution in [3.63, 3.8) is 0 Å². The third kappa shape index (κ3) is 5.64. The van der Waals surface area contributed by atoms with Crippen LogP contribution in [0.2, 0.25) is 0 Å². The van der Waals surface area contributed by atoms with E-state index in [2.05, 4.69) is 29.3 Å². The maximum atomic E-state index is 5.40. The number of rotatable bonds is 9. The Morgan fingerprint density at radius 3 is 2.71 bits per heavy atom. The van der Waals surface area contributed by atoms with Crippen LogP contribution in [-0.2, 0) is 17.8 Å². The number of nitrogens with one attached hydrogen (secondary N) is 1. The number of nitrogens with zero attached hydrogens (tertiary/aromatic N) is 1. The molecule has 1 N–H and O–H groups in total. The summed E-state index contributed by atoms with van der Waals surface area (Å²) >= 11 is 1.90. The normalized spacial score (nSPS) is 11.3. The molecule has 1 heterocycles. The van der Waals surface area contributed by atoms with E-state index in [1.54, 1.807) is 0 Å². The Kier molecular flexibility index (Phi) is 7.44. The molecule has 0 aliphatic heterocycles. The fourth-order valence-corrected chi connectivity index (χ4v) is 2.76. The summed E-state index contributed by atoms with van der Waals surface area (Å²) in [5.74, 6) is 0. The maximum absolute atomic E-state index is 5.40. The molecule has 0 amide bonds. The molecule has 0 bridgehead atoms. The average molecular weight is 256 g/mol. The van der Waals surface area contributed by atoms with E-state index >= 15 is 0 Å².